The summed E-state index contributed by atoms with van der Waals surface area (Å²) in [6, 6.07) is 11.4. The minimum Gasteiger partial charge on any atom is -0.497 e. The monoisotopic (exact) mass is 702 g/mol. The first-order chi connectivity index (χ1) is 23.6. The van der Waals surface area contributed by atoms with E-state index in [1.807, 2.05) is 12.1 Å². The summed E-state index contributed by atoms with van der Waals surface area (Å²) in [7, 11) is 0.424. The number of amides is 2. The van der Waals surface area contributed by atoms with Gasteiger partial charge in [0.1, 0.15) is 5.75 Å². The maximum absolute atomic E-state index is 14.8. The van der Waals surface area contributed by atoms with Crippen molar-refractivity contribution in [2.75, 3.05) is 21.2 Å². The summed E-state index contributed by atoms with van der Waals surface area (Å²) in [4.78, 5) is 28.2. The molecular weight excluding hydrogens is 653 g/mol. The van der Waals surface area contributed by atoms with Gasteiger partial charge in [0.15, 0.2) is 0 Å². The van der Waals surface area contributed by atoms with Crippen LogP contribution in [0.5, 0.6) is 5.75 Å². The lowest BCUT2D eigenvalue weighted by atomic mass is 9.70. The number of benzene rings is 2. The number of ether oxygens (including phenoxy) is 1. The highest BCUT2D eigenvalue weighted by molar-refractivity contribution is 7.87. The summed E-state index contributed by atoms with van der Waals surface area (Å²) in [6.07, 6.45) is 7.59. The molecule has 10 nitrogen and oxygen atoms in total. The van der Waals surface area contributed by atoms with Gasteiger partial charge in [0.25, 0.3) is 5.91 Å². The van der Waals surface area contributed by atoms with Gasteiger partial charge in [-0.3, -0.25) is 9.59 Å². The lowest BCUT2D eigenvalue weighted by Gasteiger charge is -2.37. The molecule has 8 rings (SSSR count). The standard InChI is InChI=1S/C39H50N4O6S/c1-37(2)28-16-17-38(37,3)34(44)32(28)40-36(46)39-20-29(39)27-19-24(49-6)13-15-25(27)33-31(22-10-8-7-9-11-22)26-14-12-23(18-30(26)43(33)21-39)35(45)41-50(47,48)42(4)5/h12-15,18-19,22,28-29,32,34,44H,7-11,16-17,20-21H2,1-6H3,(H,40,46)(H,41,45)/t28?,29?,32-,34-,38?,39?/m1/s1. The largest absolute Gasteiger partial charge is 0.497 e. The van der Waals surface area contributed by atoms with Crippen molar-refractivity contribution in [1.82, 2.24) is 18.9 Å². The fourth-order valence-corrected chi connectivity index (χ4v) is 11.1. The van der Waals surface area contributed by atoms with Crippen molar-refractivity contribution in [3.8, 4) is 17.0 Å². The second-order valence-electron chi connectivity index (χ2n) is 16.7. The summed E-state index contributed by atoms with van der Waals surface area (Å²) < 4.78 is 36.4. The number of nitrogens with one attached hydrogen (secondary N) is 2. The molecule has 4 aliphatic carbocycles. The highest BCUT2D eigenvalue weighted by atomic mass is 32.2. The molecule has 2 bridgehead atoms. The molecule has 3 N–H and O–H groups in total. The quantitative estimate of drug-likeness (QED) is 0.290. The number of carbonyl (C=O) groups is 2. The maximum atomic E-state index is 14.8. The van der Waals surface area contributed by atoms with Gasteiger partial charge in [-0.25, -0.2) is 4.72 Å². The molecule has 2 aromatic carbocycles. The molecule has 11 heteroatoms. The molecule has 268 valence electrons. The second-order valence-corrected chi connectivity index (χ2v) is 18.6. The molecule has 4 saturated carbocycles. The first kappa shape index (κ1) is 33.7. The zero-order chi connectivity index (χ0) is 35.5. The van der Waals surface area contributed by atoms with Gasteiger partial charge in [0, 0.05) is 54.0 Å². The minimum atomic E-state index is -3.99. The number of hydrogen-bond acceptors (Lipinski definition) is 6. The summed E-state index contributed by atoms with van der Waals surface area (Å²) in [5.74, 6) is 0.474. The van der Waals surface area contributed by atoms with Crippen LogP contribution in [0.15, 0.2) is 36.4 Å². The Morgan fingerprint density at radius 2 is 1.76 bits per heavy atom. The fraction of sp³-hybridized carbons (Fsp3) is 0.590. The van der Waals surface area contributed by atoms with E-state index in [0.717, 1.165) is 76.3 Å². The van der Waals surface area contributed by atoms with Crippen LogP contribution < -0.4 is 14.8 Å². The van der Waals surface area contributed by atoms with E-state index in [0.29, 0.717) is 18.9 Å². The van der Waals surface area contributed by atoms with Gasteiger partial charge in [-0.1, -0.05) is 46.1 Å². The Kier molecular flexibility index (Phi) is 7.62. The van der Waals surface area contributed by atoms with E-state index >= 15 is 0 Å². The summed E-state index contributed by atoms with van der Waals surface area (Å²) in [5, 5.41) is 16.1. The Hall–Kier alpha value is -3.41. The van der Waals surface area contributed by atoms with Crippen LogP contribution in [-0.4, -0.2) is 67.6 Å². The Labute approximate surface area is 295 Å². The normalized spacial score (nSPS) is 31.1. The summed E-state index contributed by atoms with van der Waals surface area (Å²) in [5.41, 5.74) is 4.45. The third kappa shape index (κ3) is 4.68. The number of carbonyl (C=O) groups excluding carboxylic acids is 2. The van der Waals surface area contributed by atoms with Crippen molar-refractivity contribution in [3.63, 3.8) is 0 Å². The number of aliphatic hydroxyl groups is 1. The van der Waals surface area contributed by atoms with Crippen molar-refractivity contribution in [2.45, 2.75) is 103 Å². The van der Waals surface area contributed by atoms with Crippen molar-refractivity contribution >= 4 is 32.9 Å². The van der Waals surface area contributed by atoms with Crippen molar-refractivity contribution in [1.29, 1.82) is 0 Å². The topological polar surface area (TPSA) is 130 Å². The van der Waals surface area contributed by atoms with E-state index in [2.05, 4.69) is 47.5 Å². The number of rotatable bonds is 7. The average molecular weight is 703 g/mol. The van der Waals surface area contributed by atoms with Gasteiger partial charge in [0.2, 0.25) is 5.91 Å². The molecule has 0 spiro atoms. The number of methoxy groups -OCH3 is 1. The zero-order valence-electron chi connectivity index (χ0n) is 30.0. The van der Waals surface area contributed by atoms with Crippen molar-refractivity contribution in [2.24, 2.45) is 22.2 Å². The maximum Gasteiger partial charge on any atom is 0.303 e. The third-order valence-electron chi connectivity index (χ3n) is 14.0. The van der Waals surface area contributed by atoms with Crippen LogP contribution in [0.1, 0.15) is 105 Å². The van der Waals surface area contributed by atoms with Crippen LogP contribution in [0.3, 0.4) is 0 Å². The van der Waals surface area contributed by atoms with Crippen molar-refractivity contribution < 1.29 is 27.9 Å². The van der Waals surface area contributed by atoms with Gasteiger partial charge >= 0.3 is 10.2 Å². The second kappa shape index (κ2) is 11.3. The predicted octanol–water partition coefficient (Wildman–Crippen LogP) is 5.69. The lowest BCUT2D eigenvalue weighted by Crippen LogP contribution is -2.51. The molecule has 6 atom stereocenters. The van der Waals surface area contributed by atoms with Gasteiger partial charge < -0.3 is 19.7 Å². The van der Waals surface area contributed by atoms with Crippen LogP contribution in [0.2, 0.25) is 0 Å². The molecule has 4 fully saturated rings. The first-order valence-electron chi connectivity index (χ1n) is 18.2. The fourth-order valence-electron chi connectivity index (χ4n) is 10.5. The Balaban J connectivity index is 1.28. The Bertz CT molecular complexity index is 2030. The average Bonchev–Trinajstić information content (AvgIpc) is 3.66. The van der Waals surface area contributed by atoms with Gasteiger partial charge in [-0.05, 0) is 90.8 Å². The van der Waals surface area contributed by atoms with Crippen LogP contribution in [0, 0.1) is 22.2 Å². The molecule has 2 heterocycles. The highest BCUT2D eigenvalue weighted by Crippen LogP contribution is 2.68. The SMILES string of the molecule is COc1ccc2c(c1)C1CC1(C(=O)N[C@@H]1C3CCC(C)([C@@H]1O)C3(C)C)Cn1c-2c(C2CCCCC2)c2ccc(C(=O)NS(=O)(=O)N(C)C)cc21. The molecule has 1 aliphatic heterocycles. The molecular formula is C39H50N4O6S. The summed E-state index contributed by atoms with van der Waals surface area (Å²) in [6.45, 7) is 7.04. The van der Waals surface area contributed by atoms with Gasteiger partial charge in [-0.2, -0.15) is 12.7 Å². The molecule has 2 amide bonds. The molecule has 1 aromatic heterocycles. The summed E-state index contributed by atoms with van der Waals surface area (Å²) >= 11 is 0. The van der Waals surface area contributed by atoms with E-state index in [9.17, 15) is 23.1 Å². The molecule has 50 heavy (non-hydrogen) atoms. The molecule has 0 radical (unpaired) electrons. The van der Waals surface area contributed by atoms with Crippen LogP contribution in [0.4, 0.5) is 0 Å². The molecule has 5 aliphatic rings. The number of aliphatic hydroxyl groups excluding tert-OH is 1. The Morgan fingerprint density at radius 3 is 2.42 bits per heavy atom. The number of nitrogens with zero attached hydrogens (tertiary/aromatic N) is 2. The minimum absolute atomic E-state index is 0.0350. The van der Waals surface area contributed by atoms with Gasteiger partial charge in [-0.15, -0.1) is 0 Å². The molecule has 0 saturated heterocycles. The highest BCUT2D eigenvalue weighted by Gasteiger charge is 2.68. The number of aromatic nitrogens is 1. The lowest BCUT2D eigenvalue weighted by molar-refractivity contribution is -0.129. The number of fused-ring (bicyclic) bond motifs is 9. The smallest absolute Gasteiger partial charge is 0.303 e. The van der Waals surface area contributed by atoms with Crippen LogP contribution in [-0.2, 0) is 21.5 Å². The first-order valence-corrected chi connectivity index (χ1v) is 19.7. The van der Waals surface area contributed by atoms with E-state index in [1.165, 1.54) is 26.1 Å². The predicted molar refractivity (Wildman–Crippen MR) is 192 cm³/mol. The van der Waals surface area contributed by atoms with E-state index in [1.54, 1.807) is 19.2 Å². The third-order valence-corrected chi connectivity index (χ3v) is 15.4. The van der Waals surface area contributed by atoms with Crippen LogP contribution in [0.25, 0.3) is 22.2 Å². The number of hydrogen-bond donors (Lipinski definition) is 3. The Morgan fingerprint density at radius 1 is 1.02 bits per heavy atom. The molecule has 3 aromatic rings. The van der Waals surface area contributed by atoms with E-state index in [-0.39, 0.29) is 40.2 Å². The van der Waals surface area contributed by atoms with Gasteiger partial charge in [0.05, 0.1) is 30.4 Å². The zero-order valence-corrected chi connectivity index (χ0v) is 30.8. The van der Waals surface area contributed by atoms with Crippen LogP contribution >= 0.6 is 0 Å². The van der Waals surface area contributed by atoms with E-state index in [4.69, 9.17) is 4.74 Å². The molecule has 4 unspecified atom stereocenters. The van der Waals surface area contributed by atoms with Crippen molar-refractivity contribution in [3.05, 3.63) is 53.1 Å². The van der Waals surface area contributed by atoms with E-state index < -0.39 is 27.6 Å².